The number of hydrogen-bond donors (Lipinski definition) is 3. The fourth-order valence-electron chi connectivity index (χ4n) is 1.81. The summed E-state index contributed by atoms with van der Waals surface area (Å²) >= 11 is 0. The third-order valence-corrected chi connectivity index (χ3v) is 2.90. The van der Waals surface area contributed by atoms with Crippen LogP contribution in [0.2, 0.25) is 0 Å². The molecule has 0 spiro atoms. The number of rotatable bonds is 7. The average Bonchev–Trinajstić information content (AvgIpc) is 2.46. The van der Waals surface area contributed by atoms with Crippen molar-refractivity contribution in [2.24, 2.45) is 0 Å². The molecule has 1 atom stereocenters. The fourth-order valence-corrected chi connectivity index (χ4v) is 1.81. The van der Waals surface area contributed by atoms with Crippen molar-refractivity contribution >= 4 is 12.0 Å². The molecule has 20 heavy (non-hydrogen) atoms. The van der Waals surface area contributed by atoms with Gasteiger partial charge >= 0.3 is 12.0 Å². The number of carbonyl (C=O) groups excluding carboxylic acids is 1. The van der Waals surface area contributed by atoms with Crippen LogP contribution in [-0.2, 0) is 4.79 Å². The molecule has 2 amide bonds. The number of nitrogens with one attached hydrogen (secondary N) is 1. The number of aliphatic hydroxyl groups excluding tert-OH is 1. The van der Waals surface area contributed by atoms with Crippen LogP contribution in [0.1, 0.15) is 24.9 Å². The standard InChI is InChI=1S/C14H20N2O4/c1-2-16(9-6-10-17)14(20)15-12(13(18)19)11-7-4-3-5-8-11/h3-5,7-8,12,17H,2,6,9-10H2,1H3,(H,15,20)(H,18,19). The van der Waals surface area contributed by atoms with Crippen LogP contribution in [-0.4, -0.2) is 46.8 Å². The van der Waals surface area contributed by atoms with Crippen molar-refractivity contribution in [2.75, 3.05) is 19.7 Å². The molecule has 0 bridgehead atoms. The van der Waals surface area contributed by atoms with Gasteiger partial charge in [-0.05, 0) is 18.9 Å². The van der Waals surface area contributed by atoms with Gasteiger partial charge in [-0.15, -0.1) is 0 Å². The van der Waals surface area contributed by atoms with E-state index in [4.69, 9.17) is 5.11 Å². The number of nitrogens with zero attached hydrogens (tertiary/aromatic N) is 1. The zero-order valence-corrected chi connectivity index (χ0v) is 11.5. The molecule has 0 saturated carbocycles. The lowest BCUT2D eigenvalue weighted by Gasteiger charge is -2.23. The van der Waals surface area contributed by atoms with E-state index >= 15 is 0 Å². The highest BCUT2D eigenvalue weighted by Crippen LogP contribution is 2.13. The number of benzene rings is 1. The van der Waals surface area contributed by atoms with Crippen molar-refractivity contribution in [3.05, 3.63) is 35.9 Å². The van der Waals surface area contributed by atoms with E-state index in [9.17, 15) is 14.7 Å². The number of aliphatic carboxylic acids is 1. The van der Waals surface area contributed by atoms with Crippen molar-refractivity contribution in [1.82, 2.24) is 10.2 Å². The first kappa shape index (κ1) is 16.0. The van der Waals surface area contributed by atoms with Crippen LogP contribution in [0.25, 0.3) is 0 Å². The largest absolute Gasteiger partial charge is 0.479 e. The second kappa shape index (κ2) is 8.16. The van der Waals surface area contributed by atoms with E-state index in [1.807, 2.05) is 0 Å². The molecule has 6 heteroatoms. The van der Waals surface area contributed by atoms with Gasteiger partial charge in [-0.2, -0.15) is 0 Å². The summed E-state index contributed by atoms with van der Waals surface area (Å²) < 4.78 is 0. The van der Waals surface area contributed by atoms with Gasteiger partial charge in [0, 0.05) is 19.7 Å². The molecular weight excluding hydrogens is 260 g/mol. The summed E-state index contributed by atoms with van der Waals surface area (Å²) in [6.45, 7) is 2.63. The van der Waals surface area contributed by atoms with E-state index in [1.54, 1.807) is 37.3 Å². The third-order valence-electron chi connectivity index (χ3n) is 2.90. The van der Waals surface area contributed by atoms with E-state index in [-0.39, 0.29) is 6.61 Å². The first-order chi connectivity index (χ1) is 9.60. The van der Waals surface area contributed by atoms with Crippen molar-refractivity contribution in [2.45, 2.75) is 19.4 Å². The Morgan fingerprint density at radius 3 is 2.45 bits per heavy atom. The Labute approximate surface area is 118 Å². The Kier molecular flexibility index (Phi) is 6.52. The first-order valence-corrected chi connectivity index (χ1v) is 6.54. The smallest absolute Gasteiger partial charge is 0.330 e. The highest BCUT2D eigenvalue weighted by atomic mass is 16.4. The van der Waals surface area contributed by atoms with Gasteiger partial charge in [0.1, 0.15) is 0 Å². The molecule has 0 aliphatic carbocycles. The minimum Gasteiger partial charge on any atom is -0.479 e. The molecule has 6 nitrogen and oxygen atoms in total. The van der Waals surface area contributed by atoms with Crippen LogP contribution in [0.15, 0.2) is 30.3 Å². The summed E-state index contributed by atoms with van der Waals surface area (Å²) in [4.78, 5) is 24.8. The number of urea groups is 1. The van der Waals surface area contributed by atoms with Gasteiger partial charge in [0.25, 0.3) is 0 Å². The molecule has 0 heterocycles. The van der Waals surface area contributed by atoms with E-state index in [0.717, 1.165) is 0 Å². The average molecular weight is 280 g/mol. The molecule has 0 aromatic heterocycles. The number of hydrogen-bond acceptors (Lipinski definition) is 3. The number of carboxylic acids is 1. The topological polar surface area (TPSA) is 89.9 Å². The Morgan fingerprint density at radius 1 is 1.30 bits per heavy atom. The van der Waals surface area contributed by atoms with Gasteiger partial charge in [-0.25, -0.2) is 9.59 Å². The fraction of sp³-hybridized carbons (Fsp3) is 0.429. The maximum absolute atomic E-state index is 12.0. The summed E-state index contributed by atoms with van der Waals surface area (Å²) in [7, 11) is 0. The zero-order chi connectivity index (χ0) is 15.0. The maximum atomic E-state index is 12.0. The van der Waals surface area contributed by atoms with Gasteiger partial charge in [-0.1, -0.05) is 30.3 Å². The minimum atomic E-state index is -1.11. The van der Waals surface area contributed by atoms with Crippen molar-refractivity contribution in [1.29, 1.82) is 0 Å². The summed E-state index contributed by atoms with van der Waals surface area (Å²) in [6, 6.07) is 7.02. The monoisotopic (exact) mass is 280 g/mol. The van der Waals surface area contributed by atoms with Crippen LogP contribution in [0.4, 0.5) is 4.79 Å². The highest BCUT2D eigenvalue weighted by molar-refractivity contribution is 5.83. The van der Waals surface area contributed by atoms with Crippen molar-refractivity contribution < 1.29 is 19.8 Å². The molecule has 3 N–H and O–H groups in total. The molecule has 1 aromatic rings. The van der Waals surface area contributed by atoms with Crippen LogP contribution >= 0.6 is 0 Å². The lowest BCUT2D eigenvalue weighted by atomic mass is 10.1. The highest BCUT2D eigenvalue weighted by Gasteiger charge is 2.23. The molecular formula is C14H20N2O4. The maximum Gasteiger partial charge on any atom is 0.330 e. The molecule has 0 radical (unpaired) electrons. The summed E-state index contributed by atoms with van der Waals surface area (Å²) in [5.74, 6) is -1.11. The molecule has 0 fully saturated rings. The Bertz CT molecular complexity index is 436. The summed E-state index contributed by atoms with van der Waals surface area (Å²) in [6.07, 6.45) is 0.463. The van der Waals surface area contributed by atoms with E-state index in [2.05, 4.69) is 5.32 Å². The van der Waals surface area contributed by atoms with Gasteiger partial charge in [0.05, 0.1) is 0 Å². The number of carbonyl (C=O) groups is 2. The van der Waals surface area contributed by atoms with Gasteiger partial charge in [-0.3, -0.25) is 0 Å². The quantitative estimate of drug-likeness (QED) is 0.700. The molecule has 0 aliphatic heterocycles. The van der Waals surface area contributed by atoms with Gasteiger partial charge in [0.2, 0.25) is 0 Å². The van der Waals surface area contributed by atoms with Crippen LogP contribution in [0.3, 0.4) is 0 Å². The predicted octanol–water partition coefficient (Wildman–Crippen LogP) is 1.23. The number of amides is 2. The normalized spacial score (nSPS) is 11.7. The summed E-state index contributed by atoms with van der Waals surface area (Å²) in [5, 5.41) is 20.5. The van der Waals surface area contributed by atoms with Crippen molar-refractivity contribution in [3.63, 3.8) is 0 Å². The Balaban J connectivity index is 2.75. The van der Waals surface area contributed by atoms with Gasteiger partial charge < -0.3 is 20.4 Å². The first-order valence-electron chi connectivity index (χ1n) is 6.54. The minimum absolute atomic E-state index is 0.00910. The van der Waals surface area contributed by atoms with E-state index < -0.39 is 18.0 Å². The van der Waals surface area contributed by atoms with E-state index in [1.165, 1.54) is 4.90 Å². The van der Waals surface area contributed by atoms with Crippen LogP contribution < -0.4 is 5.32 Å². The second-order valence-corrected chi connectivity index (χ2v) is 4.29. The lowest BCUT2D eigenvalue weighted by Crippen LogP contribution is -2.44. The number of aliphatic hydroxyl groups is 1. The SMILES string of the molecule is CCN(CCCO)C(=O)NC(C(=O)O)c1ccccc1. The number of carboxylic acid groups (broad SMARTS) is 1. The third kappa shape index (κ3) is 4.55. The summed E-state index contributed by atoms with van der Waals surface area (Å²) in [5.41, 5.74) is 0.520. The predicted molar refractivity (Wildman–Crippen MR) is 74.3 cm³/mol. The Hall–Kier alpha value is -2.08. The molecule has 0 saturated heterocycles. The van der Waals surface area contributed by atoms with Crippen LogP contribution in [0.5, 0.6) is 0 Å². The molecule has 1 rings (SSSR count). The van der Waals surface area contributed by atoms with E-state index in [0.29, 0.717) is 25.1 Å². The second-order valence-electron chi connectivity index (χ2n) is 4.29. The molecule has 0 aliphatic rings. The molecule has 110 valence electrons. The lowest BCUT2D eigenvalue weighted by molar-refractivity contribution is -0.139. The van der Waals surface area contributed by atoms with Crippen molar-refractivity contribution in [3.8, 4) is 0 Å². The zero-order valence-electron chi connectivity index (χ0n) is 11.5. The molecule has 1 unspecified atom stereocenters. The van der Waals surface area contributed by atoms with Crippen LogP contribution in [0, 0.1) is 0 Å². The molecule has 1 aromatic carbocycles. The van der Waals surface area contributed by atoms with Gasteiger partial charge in [0.15, 0.2) is 6.04 Å². The Morgan fingerprint density at radius 2 is 1.95 bits per heavy atom.